The largest absolute Gasteiger partial charge is 0.489 e. The van der Waals surface area contributed by atoms with Crippen LogP contribution in [0.25, 0.3) is 11.6 Å². The number of hydrogen-bond acceptors (Lipinski definition) is 2. The zero-order valence-corrected chi connectivity index (χ0v) is 15.8. The van der Waals surface area contributed by atoms with Gasteiger partial charge in [0.1, 0.15) is 18.2 Å². The van der Waals surface area contributed by atoms with Crippen molar-refractivity contribution in [1.82, 2.24) is 0 Å². The van der Waals surface area contributed by atoms with Crippen molar-refractivity contribution in [3.05, 3.63) is 93.7 Å². The molecule has 4 rings (SSSR count). The van der Waals surface area contributed by atoms with Crippen molar-refractivity contribution >= 4 is 39.2 Å². The van der Waals surface area contributed by atoms with E-state index in [1.165, 1.54) is 12.1 Å². The maximum Gasteiger partial charge on any atom is 0.256 e. The van der Waals surface area contributed by atoms with Crippen molar-refractivity contribution in [2.75, 3.05) is 5.32 Å². The predicted octanol–water partition coefficient (Wildman–Crippen LogP) is 5.66. The number of amides is 1. The summed E-state index contributed by atoms with van der Waals surface area (Å²) < 4.78 is 20.4. The Bertz CT molecular complexity index is 1040. The van der Waals surface area contributed by atoms with E-state index in [9.17, 15) is 9.18 Å². The van der Waals surface area contributed by atoms with Crippen LogP contribution in [-0.4, -0.2) is 5.91 Å². The highest BCUT2D eigenvalue weighted by Gasteiger charge is 2.24. The van der Waals surface area contributed by atoms with Crippen LogP contribution in [-0.2, 0) is 11.4 Å². The summed E-state index contributed by atoms with van der Waals surface area (Å²) in [4.78, 5) is 12.2. The van der Waals surface area contributed by atoms with Crippen LogP contribution < -0.4 is 10.1 Å². The normalized spacial score (nSPS) is 14.1. The Morgan fingerprint density at radius 1 is 1.04 bits per heavy atom. The van der Waals surface area contributed by atoms with Crippen molar-refractivity contribution in [3.8, 4) is 5.75 Å². The Kier molecular flexibility index (Phi) is 4.77. The lowest BCUT2D eigenvalue weighted by Crippen LogP contribution is -2.03. The summed E-state index contributed by atoms with van der Waals surface area (Å²) >= 11 is 3.41. The quantitative estimate of drug-likeness (QED) is 0.549. The molecule has 0 fully saturated rings. The number of anilines is 1. The van der Waals surface area contributed by atoms with Crippen LogP contribution >= 0.6 is 15.9 Å². The van der Waals surface area contributed by atoms with Gasteiger partial charge in [0.05, 0.1) is 0 Å². The van der Waals surface area contributed by atoms with Gasteiger partial charge < -0.3 is 10.1 Å². The van der Waals surface area contributed by atoms with Gasteiger partial charge in [-0.3, -0.25) is 4.79 Å². The molecule has 0 saturated carbocycles. The van der Waals surface area contributed by atoms with Gasteiger partial charge in [-0.15, -0.1) is 0 Å². The van der Waals surface area contributed by atoms with E-state index in [0.717, 1.165) is 15.6 Å². The minimum atomic E-state index is -0.372. The third-order valence-electron chi connectivity index (χ3n) is 4.25. The average Bonchev–Trinajstić information content (AvgIpc) is 2.97. The Labute approximate surface area is 164 Å². The van der Waals surface area contributed by atoms with Gasteiger partial charge in [0.2, 0.25) is 0 Å². The summed E-state index contributed by atoms with van der Waals surface area (Å²) in [5.41, 5.74) is 3.50. The first-order valence-electron chi connectivity index (χ1n) is 8.39. The van der Waals surface area contributed by atoms with Crippen molar-refractivity contribution in [3.63, 3.8) is 0 Å². The van der Waals surface area contributed by atoms with Crippen LogP contribution in [0.5, 0.6) is 5.75 Å². The molecule has 0 aromatic heterocycles. The summed E-state index contributed by atoms with van der Waals surface area (Å²) in [7, 11) is 0. The van der Waals surface area contributed by atoms with Crippen LogP contribution in [0.4, 0.5) is 10.1 Å². The number of benzene rings is 3. The van der Waals surface area contributed by atoms with Gasteiger partial charge >= 0.3 is 0 Å². The van der Waals surface area contributed by atoms with Gasteiger partial charge in [0, 0.05) is 21.3 Å². The molecule has 0 bridgehead atoms. The smallest absolute Gasteiger partial charge is 0.256 e. The van der Waals surface area contributed by atoms with E-state index in [0.29, 0.717) is 29.2 Å². The molecule has 5 heteroatoms. The number of carbonyl (C=O) groups excluding carboxylic acids is 1. The molecule has 0 saturated heterocycles. The first kappa shape index (κ1) is 17.5. The average molecular weight is 424 g/mol. The molecule has 1 aliphatic heterocycles. The lowest BCUT2D eigenvalue weighted by atomic mass is 10.0. The number of hydrogen-bond donors (Lipinski definition) is 1. The molecule has 1 amide bonds. The van der Waals surface area contributed by atoms with Crippen molar-refractivity contribution in [1.29, 1.82) is 0 Å². The Hall–Kier alpha value is -2.92. The fraction of sp³-hybridized carbons (Fsp3) is 0.0455. The molecule has 3 nitrogen and oxygen atoms in total. The fourth-order valence-electron chi connectivity index (χ4n) is 2.91. The Balaban J connectivity index is 1.56. The van der Waals surface area contributed by atoms with Gasteiger partial charge in [-0.05, 0) is 59.7 Å². The number of fused-ring (bicyclic) bond motifs is 1. The zero-order chi connectivity index (χ0) is 18.8. The molecule has 1 N–H and O–H groups in total. The molecule has 0 spiro atoms. The highest BCUT2D eigenvalue weighted by atomic mass is 79.9. The minimum Gasteiger partial charge on any atom is -0.489 e. The molecule has 27 heavy (non-hydrogen) atoms. The van der Waals surface area contributed by atoms with E-state index in [-0.39, 0.29) is 11.7 Å². The van der Waals surface area contributed by atoms with Gasteiger partial charge in [-0.25, -0.2) is 4.39 Å². The second-order valence-electron chi connectivity index (χ2n) is 6.19. The summed E-state index contributed by atoms with van der Waals surface area (Å²) in [5, 5.41) is 2.75. The summed E-state index contributed by atoms with van der Waals surface area (Å²) in [6.07, 6.45) is 1.74. The van der Waals surface area contributed by atoms with E-state index in [4.69, 9.17) is 4.74 Å². The first-order chi connectivity index (χ1) is 13.1. The van der Waals surface area contributed by atoms with Crippen LogP contribution in [0.3, 0.4) is 0 Å². The van der Waals surface area contributed by atoms with Crippen LogP contribution in [0.2, 0.25) is 0 Å². The lowest BCUT2D eigenvalue weighted by Gasteiger charge is -2.07. The fourth-order valence-corrected chi connectivity index (χ4v) is 3.18. The van der Waals surface area contributed by atoms with E-state index in [1.807, 2.05) is 48.5 Å². The maximum absolute atomic E-state index is 13.6. The molecule has 0 aliphatic carbocycles. The molecule has 0 atom stereocenters. The Morgan fingerprint density at radius 3 is 2.67 bits per heavy atom. The minimum absolute atomic E-state index is 0.239. The second kappa shape index (κ2) is 7.37. The third kappa shape index (κ3) is 3.93. The van der Waals surface area contributed by atoms with Crippen LogP contribution in [0.1, 0.15) is 16.7 Å². The molecule has 1 heterocycles. The third-order valence-corrected chi connectivity index (χ3v) is 4.78. The highest BCUT2D eigenvalue weighted by Crippen LogP contribution is 2.33. The van der Waals surface area contributed by atoms with E-state index < -0.39 is 0 Å². The number of rotatable bonds is 4. The molecular weight excluding hydrogens is 409 g/mol. The lowest BCUT2D eigenvalue weighted by molar-refractivity contribution is -0.110. The van der Waals surface area contributed by atoms with Crippen molar-refractivity contribution < 1.29 is 13.9 Å². The summed E-state index contributed by atoms with van der Waals surface area (Å²) in [6, 6.07) is 19.7. The monoisotopic (exact) mass is 423 g/mol. The van der Waals surface area contributed by atoms with Gasteiger partial charge in [0.15, 0.2) is 0 Å². The highest BCUT2D eigenvalue weighted by molar-refractivity contribution is 9.10. The number of ether oxygens (including phenoxy) is 1. The van der Waals surface area contributed by atoms with E-state index in [1.54, 1.807) is 12.1 Å². The molecule has 134 valence electrons. The van der Waals surface area contributed by atoms with Crippen molar-refractivity contribution in [2.24, 2.45) is 0 Å². The summed E-state index contributed by atoms with van der Waals surface area (Å²) in [5.74, 6) is 0.0876. The first-order valence-corrected chi connectivity index (χ1v) is 9.18. The summed E-state index contributed by atoms with van der Waals surface area (Å²) in [6.45, 7) is 0.446. The van der Waals surface area contributed by atoms with Crippen LogP contribution in [0, 0.1) is 5.82 Å². The molecule has 3 aromatic carbocycles. The Morgan fingerprint density at radius 2 is 1.85 bits per heavy atom. The van der Waals surface area contributed by atoms with E-state index in [2.05, 4.69) is 21.2 Å². The van der Waals surface area contributed by atoms with Gasteiger partial charge in [0.25, 0.3) is 5.91 Å². The van der Waals surface area contributed by atoms with Crippen molar-refractivity contribution in [2.45, 2.75) is 6.61 Å². The standard InChI is InChI=1S/C22H15BrFNO2/c23-16-6-4-14(5-7-16)13-27-18-3-1-2-15(10-18)11-20-19-12-17(24)8-9-21(19)25-22(20)26/h1-12H,13H2,(H,25,26)/b20-11-. The molecule has 0 radical (unpaired) electrons. The van der Waals surface area contributed by atoms with Gasteiger partial charge in [-0.1, -0.05) is 40.2 Å². The number of nitrogens with one attached hydrogen (secondary N) is 1. The van der Waals surface area contributed by atoms with Gasteiger partial charge in [-0.2, -0.15) is 0 Å². The number of carbonyl (C=O) groups is 1. The predicted molar refractivity (Wildman–Crippen MR) is 108 cm³/mol. The topological polar surface area (TPSA) is 38.3 Å². The zero-order valence-electron chi connectivity index (χ0n) is 14.2. The molecule has 1 aliphatic rings. The second-order valence-corrected chi connectivity index (χ2v) is 7.11. The molecular formula is C22H15BrFNO2. The van der Waals surface area contributed by atoms with Crippen LogP contribution in [0.15, 0.2) is 71.2 Å². The van der Waals surface area contributed by atoms with E-state index >= 15 is 0 Å². The SMILES string of the molecule is O=C1Nc2ccc(F)cc2/C1=C/c1cccc(OCc2ccc(Br)cc2)c1. The molecule has 0 unspecified atom stereocenters. The number of halogens is 2. The maximum atomic E-state index is 13.6. The molecule has 3 aromatic rings.